The van der Waals surface area contributed by atoms with E-state index in [4.69, 9.17) is 5.73 Å². The number of carbonyl (C=O) groups excluding carboxylic acids is 1. The molecular formula is C16H20N2OS. The highest BCUT2D eigenvalue weighted by Gasteiger charge is 2.20. The van der Waals surface area contributed by atoms with Crippen LogP contribution in [0.5, 0.6) is 0 Å². The maximum atomic E-state index is 11.8. The lowest BCUT2D eigenvalue weighted by atomic mass is 9.95. The third kappa shape index (κ3) is 3.26. The highest BCUT2D eigenvalue weighted by atomic mass is 32.1. The van der Waals surface area contributed by atoms with Crippen molar-refractivity contribution in [2.24, 2.45) is 5.73 Å². The molecule has 1 atom stereocenters. The summed E-state index contributed by atoms with van der Waals surface area (Å²) in [5.41, 5.74) is 10.0. The summed E-state index contributed by atoms with van der Waals surface area (Å²) >= 11 is 1.67. The fourth-order valence-corrected chi connectivity index (χ4v) is 2.93. The molecule has 1 aromatic heterocycles. The van der Waals surface area contributed by atoms with Crippen molar-refractivity contribution >= 4 is 17.2 Å². The predicted molar refractivity (Wildman–Crippen MR) is 83.7 cm³/mol. The molecule has 0 fully saturated rings. The monoisotopic (exact) mass is 288 g/mol. The van der Waals surface area contributed by atoms with Crippen molar-refractivity contribution in [1.29, 1.82) is 0 Å². The Bertz CT molecular complexity index is 605. The van der Waals surface area contributed by atoms with Crippen LogP contribution in [0, 0.1) is 20.8 Å². The van der Waals surface area contributed by atoms with Crippen molar-refractivity contribution in [3.8, 4) is 0 Å². The van der Waals surface area contributed by atoms with Gasteiger partial charge in [0.1, 0.15) is 6.04 Å². The number of nitrogens with one attached hydrogen (secondary N) is 1. The van der Waals surface area contributed by atoms with Gasteiger partial charge in [0.15, 0.2) is 0 Å². The van der Waals surface area contributed by atoms with Gasteiger partial charge in [0.2, 0.25) is 5.91 Å². The second kappa shape index (κ2) is 6.20. The van der Waals surface area contributed by atoms with E-state index in [1.807, 2.05) is 24.4 Å². The van der Waals surface area contributed by atoms with Gasteiger partial charge in [-0.3, -0.25) is 10.1 Å². The number of carbonyl (C=O) groups is 1. The standard InChI is InChI=1S/C16H20N2OS/c1-10-7-12(3)14(8-11(10)2)15(16(17)19)18-9-13-5-4-6-20-13/h4-8,15,18H,9H2,1-3H3,(H2,17,19). The third-order valence-electron chi connectivity index (χ3n) is 3.54. The molecule has 20 heavy (non-hydrogen) atoms. The molecule has 0 aliphatic heterocycles. The first kappa shape index (κ1) is 14.8. The SMILES string of the molecule is Cc1cc(C)c(C(NCc2cccs2)C(N)=O)cc1C. The van der Waals surface area contributed by atoms with E-state index < -0.39 is 6.04 Å². The zero-order valence-electron chi connectivity index (χ0n) is 12.1. The molecular weight excluding hydrogens is 268 g/mol. The second-order valence-corrected chi connectivity index (χ2v) is 6.12. The van der Waals surface area contributed by atoms with E-state index in [2.05, 4.69) is 31.3 Å². The van der Waals surface area contributed by atoms with Crippen LogP contribution in [0.4, 0.5) is 0 Å². The molecule has 0 aliphatic carbocycles. The Balaban J connectivity index is 2.24. The zero-order valence-corrected chi connectivity index (χ0v) is 12.9. The van der Waals surface area contributed by atoms with Crippen molar-refractivity contribution in [2.75, 3.05) is 0 Å². The van der Waals surface area contributed by atoms with E-state index in [1.165, 1.54) is 16.0 Å². The summed E-state index contributed by atoms with van der Waals surface area (Å²) in [5.74, 6) is -0.340. The van der Waals surface area contributed by atoms with Crippen LogP contribution in [0.15, 0.2) is 29.6 Å². The Labute approximate surface area is 123 Å². The molecule has 106 valence electrons. The molecule has 0 aliphatic rings. The van der Waals surface area contributed by atoms with E-state index >= 15 is 0 Å². The number of rotatable bonds is 5. The molecule has 0 saturated heterocycles. The van der Waals surface area contributed by atoms with Crippen molar-refractivity contribution in [3.05, 3.63) is 56.8 Å². The molecule has 1 amide bonds. The minimum atomic E-state index is -0.448. The third-order valence-corrected chi connectivity index (χ3v) is 4.41. The number of amides is 1. The maximum absolute atomic E-state index is 11.8. The summed E-state index contributed by atoms with van der Waals surface area (Å²) < 4.78 is 0. The average molecular weight is 288 g/mol. The van der Waals surface area contributed by atoms with Crippen LogP contribution in [-0.4, -0.2) is 5.91 Å². The Kier molecular flexibility index (Phi) is 4.57. The number of benzene rings is 1. The van der Waals surface area contributed by atoms with Crippen molar-refractivity contribution < 1.29 is 4.79 Å². The summed E-state index contributed by atoms with van der Waals surface area (Å²) in [6.45, 7) is 6.79. The molecule has 3 nitrogen and oxygen atoms in total. The summed E-state index contributed by atoms with van der Waals surface area (Å²) in [6.07, 6.45) is 0. The number of aryl methyl sites for hydroxylation is 3. The largest absolute Gasteiger partial charge is 0.368 e. The quantitative estimate of drug-likeness (QED) is 0.888. The lowest BCUT2D eigenvalue weighted by Crippen LogP contribution is -2.33. The topological polar surface area (TPSA) is 55.1 Å². The molecule has 0 spiro atoms. The summed E-state index contributed by atoms with van der Waals surface area (Å²) in [7, 11) is 0. The number of primary amides is 1. The first-order chi connectivity index (χ1) is 9.49. The first-order valence-corrected chi connectivity index (χ1v) is 7.50. The van der Waals surface area contributed by atoms with Crippen molar-refractivity contribution in [2.45, 2.75) is 33.4 Å². The molecule has 0 saturated carbocycles. The Morgan fingerprint density at radius 3 is 2.55 bits per heavy atom. The van der Waals surface area contributed by atoms with Crippen LogP contribution in [0.25, 0.3) is 0 Å². The van der Waals surface area contributed by atoms with Crippen molar-refractivity contribution in [3.63, 3.8) is 0 Å². The normalized spacial score (nSPS) is 12.3. The number of thiophene rings is 1. The number of nitrogens with two attached hydrogens (primary N) is 1. The van der Waals surface area contributed by atoms with E-state index in [9.17, 15) is 4.79 Å². The van der Waals surface area contributed by atoms with Gasteiger partial charge in [-0.2, -0.15) is 0 Å². The van der Waals surface area contributed by atoms with Crippen LogP contribution in [0.3, 0.4) is 0 Å². The van der Waals surface area contributed by atoms with Crippen LogP contribution >= 0.6 is 11.3 Å². The summed E-state index contributed by atoms with van der Waals surface area (Å²) in [4.78, 5) is 13.0. The Morgan fingerprint density at radius 2 is 1.95 bits per heavy atom. The smallest absolute Gasteiger partial charge is 0.239 e. The van der Waals surface area contributed by atoms with Gasteiger partial charge in [-0.25, -0.2) is 0 Å². The number of hydrogen-bond donors (Lipinski definition) is 2. The predicted octanol–water partition coefficient (Wildman–Crippen LogP) is 2.99. The highest BCUT2D eigenvalue weighted by Crippen LogP contribution is 2.22. The van der Waals surface area contributed by atoms with Crippen LogP contribution in [0.2, 0.25) is 0 Å². The van der Waals surface area contributed by atoms with E-state index in [1.54, 1.807) is 11.3 Å². The molecule has 2 aromatic rings. The highest BCUT2D eigenvalue weighted by molar-refractivity contribution is 7.09. The fourth-order valence-electron chi connectivity index (χ4n) is 2.27. The maximum Gasteiger partial charge on any atom is 0.239 e. The van der Waals surface area contributed by atoms with Gasteiger partial charge in [0.25, 0.3) is 0 Å². The van der Waals surface area contributed by atoms with Crippen LogP contribution in [-0.2, 0) is 11.3 Å². The molecule has 1 aromatic carbocycles. The van der Waals surface area contributed by atoms with Crippen LogP contribution < -0.4 is 11.1 Å². The van der Waals surface area contributed by atoms with Crippen LogP contribution in [0.1, 0.15) is 33.2 Å². The Hall–Kier alpha value is -1.65. The van der Waals surface area contributed by atoms with E-state index in [0.29, 0.717) is 6.54 Å². The molecule has 3 N–H and O–H groups in total. The van der Waals surface area contributed by atoms with Gasteiger partial charge >= 0.3 is 0 Å². The zero-order chi connectivity index (χ0) is 14.7. The van der Waals surface area contributed by atoms with Crippen molar-refractivity contribution in [1.82, 2.24) is 5.32 Å². The molecule has 0 bridgehead atoms. The minimum absolute atomic E-state index is 0.340. The van der Waals surface area contributed by atoms with E-state index in [0.717, 1.165) is 11.1 Å². The molecule has 4 heteroatoms. The lowest BCUT2D eigenvalue weighted by Gasteiger charge is -2.19. The van der Waals surface area contributed by atoms with Gasteiger partial charge in [-0.15, -0.1) is 11.3 Å². The molecule has 1 heterocycles. The molecule has 2 rings (SSSR count). The van der Waals surface area contributed by atoms with Gasteiger partial charge < -0.3 is 5.73 Å². The van der Waals surface area contributed by atoms with Gasteiger partial charge in [0, 0.05) is 11.4 Å². The minimum Gasteiger partial charge on any atom is -0.368 e. The second-order valence-electron chi connectivity index (χ2n) is 5.09. The van der Waals surface area contributed by atoms with E-state index in [-0.39, 0.29) is 5.91 Å². The van der Waals surface area contributed by atoms with Gasteiger partial charge in [-0.1, -0.05) is 18.2 Å². The average Bonchev–Trinajstić information content (AvgIpc) is 2.88. The number of hydrogen-bond acceptors (Lipinski definition) is 3. The lowest BCUT2D eigenvalue weighted by molar-refractivity contribution is -0.120. The fraction of sp³-hybridized carbons (Fsp3) is 0.312. The molecule has 1 unspecified atom stereocenters. The molecule has 0 radical (unpaired) electrons. The summed E-state index contributed by atoms with van der Waals surface area (Å²) in [5, 5.41) is 5.29. The van der Waals surface area contributed by atoms with Gasteiger partial charge in [-0.05, 0) is 54.5 Å². The Morgan fingerprint density at radius 1 is 1.25 bits per heavy atom. The summed E-state index contributed by atoms with van der Waals surface area (Å²) in [6, 6.07) is 7.76. The first-order valence-electron chi connectivity index (χ1n) is 6.62. The van der Waals surface area contributed by atoms with Gasteiger partial charge in [0.05, 0.1) is 0 Å².